The molecule has 7 nitrogen and oxygen atoms in total. The van der Waals surface area contributed by atoms with E-state index in [1.807, 2.05) is 41.5 Å². The highest BCUT2D eigenvalue weighted by atomic mass is 16.4. The topological polar surface area (TPSA) is 121 Å². The largest absolute Gasteiger partial charge is 0.481 e. The van der Waals surface area contributed by atoms with Crippen molar-refractivity contribution >= 4 is 23.6 Å². The standard InChI is InChI=1S/C15H25NO6.3C2H6/c1-9(17)6-7-10(11(18)19)16-12(20)14(2,3)8-15(4,5)13(21)22;3*1-2/h10H,6-8H2,1-5H3,(H,16,20)(H,18,19)(H,21,22);3*1-2H3. The van der Waals surface area contributed by atoms with Crippen LogP contribution in [0.15, 0.2) is 0 Å². The molecule has 0 aliphatic carbocycles. The molecule has 0 spiro atoms. The summed E-state index contributed by atoms with van der Waals surface area (Å²) in [6.07, 6.45) is 0.118. The number of hydrogen-bond acceptors (Lipinski definition) is 4. The summed E-state index contributed by atoms with van der Waals surface area (Å²) < 4.78 is 0. The van der Waals surface area contributed by atoms with E-state index in [2.05, 4.69) is 5.32 Å². The summed E-state index contributed by atoms with van der Waals surface area (Å²) in [5, 5.41) is 20.6. The normalized spacial score (nSPS) is 11.1. The summed E-state index contributed by atoms with van der Waals surface area (Å²) >= 11 is 0. The van der Waals surface area contributed by atoms with Gasteiger partial charge in [0.05, 0.1) is 5.41 Å². The maximum Gasteiger partial charge on any atom is 0.326 e. The number of carbonyl (C=O) groups excluding carboxylic acids is 2. The number of Topliss-reactive ketones (excluding diaryl/α,β-unsaturated/α-hetero) is 1. The fraction of sp³-hybridized carbons (Fsp3) is 0.810. The van der Waals surface area contributed by atoms with Gasteiger partial charge in [-0.25, -0.2) is 4.79 Å². The van der Waals surface area contributed by atoms with Crippen molar-refractivity contribution in [2.24, 2.45) is 10.8 Å². The molecule has 0 saturated heterocycles. The molecule has 1 atom stereocenters. The van der Waals surface area contributed by atoms with Gasteiger partial charge in [0.2, 0.25) is 5.91 Å². The molecule has 3 N–H and O–H groups in total. The van der Waals surface area contributed by atoms with Crippen LogP contribution in [0.2, 0.25) is 0 Å². The first-order valence-electron chi connectivity index (χ1n) is 10.1. The number of carboxylic acid groups (broad SMARTS) is 2. The average Bonchev–Trinajstić information content (AvgIpc) is 2.62. The van der Waals surface area contributed by atoms with Gasteiger partial charge >= 0.3 is 11.9 Å². The Labute approximate surface area is 171 Å². The van der Waals surface area contributed by atoms with Crippen molar-refractivity contribution in [3.8, 4) is 0 Å². The van der Waals surface area contributed by atoms with Gasteiger partial charge < -0.3 is 20.3 Å². The summed E-state index contributed by atoms with van der Waals surface area (Å²) in [5.74, 6) is -2.95. The van der Waals surface area contributed by atoms with Crippen molar-refractivity contribution in [3.63, 3.8) is 0 Å². The van der Waals surface area contributed by atoms with Gasteiger partial charge in [-0.1, -0.05) is 55.4 Å². The third-order valence-corrected chi connectivity index (χ3v) is 3.47. The maximum atomic E-state index is 12.3. The number of ketones is 1. The molecule has 28 heavy (non-hydrogen) atoms. The molecule has 0 aliphatic heterocycles. The molecule has 1 unspecified atom stereocenters. The minimum absolute atomic E-state index is 0.00874. The third kappa shape index (κ3) is 15.2. The molecule has 0 aromatic heterocycles. The molecule has 0 aromatic rings. The zero-order valence-corrected chi connectivity index (χ0v) is 19.7. The Morgan fingerprint density at radius 2 is 1.21 bits per heavy atom. The fourth-order valence-electron chi connectivity index (χ4n) is 2.22. The fourth-order valence-corrected chi connectivity index (χ4v) is 2.22. The van der Waals surface area contributed by atoms with E-state index in [4.69, 9.17) is 10.2 Å². The van der Waals surface area contributed by atoms with E-state index in [-0.39, 0.29) is 25.0 Å². The van der Waals surface area contributed by atoms with Gasteiger partial charge in [-0.3, -0.25) is 9.59 Å². The van der Waals surface area contributed by atoms with Gasteiger partial charge in [0, 0.05) is 11.8 Å². The average molecular weight is 406 g/mol. The van der Waals surface area contributed by atoms with Gasteiger partial charge in [-0.15, -0.1) is 0 Å². The Bertz CT molecular complexity index is 470. The van der Waals surface area contributed by atoms with E-state index < -0.39 is 34.7 Å². The molecule has 0 fully saturated rings. The highest BCUT2D eigenvalue weighted by Gasteiger charge is 2.40. The minimum atomic E-state index is -1.22. The summed E-state index contributed by atoms with van der Waals surface area (Å²) in [7, 11) is 0. The number of carboxylic acids is 2. The summed E-state index contributed by atoms with van der Waals surface area (Å²) in [6, 6.07) is -1.16. The SMILES string of the molecule is CC.CC.CC.CC(=O)CCC(NC(=O)C(C)(C)CC(C)(C)C(=O)O)C(=O)O. The Morgan fingerprint density at radius 1 is 0.821 bits per heavy atom. The molecule has 0 saturated carbocycles. The molecule has 0 aromatic carbocycles. The highest BCUT2D eigenvalue weighted by Crippen LogP contribution is 2.34. The van der Waals surface area contributed by atoms with Gasteiger partial charge in [0.15, 0.2) is 0 Å². The monoisotopic (exact) mass is 405 g/mol. The molecule has 7 heteroatoms. The molecule has 0 radical (unpaired) electrons. The van der Waals surface area contributed by atoms with Crippen LogP contribution < -0.4 is 5.32 Å². The van der Waals surface area contributed by atoms with E-state index in [9.17, 15) is 19.2 Å². The first-order chi connectivity index (χ1) is 12.8. The van der Waals surface area contributed by atoms with Crippen molar-refractivity contribution in [1.29, 1.82) is 0 Å². The van der Waals surface area contributed by atoms with Gasteiger partial charge in [-0.2, -0.15) is 0 Å². The van der Waals surface area contributed by atoms with Gasteiger partial charge in [0.1, 0.15) is 11.8 Å². The zero-order chi connectivity index (χ0) is 23.7. The third-order valence-electron chi connectivity index (χ3n) is 3.47. The predicted octanol–water partition coefficient (Wildman–Crippen LogP) is 4.53. The van der Waals surface area contributed by atoms with Crippen molar-refractivity contribution in [3.05, 3.63) is 0 Å². The molecule has 1 amide bonds. The lowest BCUT2D eigenvalue weighted by atomic mass is 9.74. The van der Waals surface area contributed by atoms with E-state index in [1.165, 1.54) is 20.8 Å². The summed E-state index contributed by atoms with van der Waals surface area (Å²) in [6.45, 7) is 19.5. The van der Waals surface area contributed by atoms with Crippen molar-refractivity contribution in [2.45, 2.75) is 101 Å². The van der Waals surface area contributed by atoms with Crippen LogP contribution in [0.3, 0.4) is 0 Å². The van der Waals surface area contributed by atoms with Crippen LogP contribution in [0.4, 0.5) is 0 Å². The maximum absolute atomic E-state index is 12.3. The van der Waals surface area contributed by atoms with Crippen LogP contribution in [0.5, 0.6) is 0 Å². The molecule has 0 bridgehead atoms. The van der Waals surface area contributed by atoms with Crippen LogP contribution in [-0.4, -0.2) is 39.9 Å². The lowest BCUT2D eigenvalue weighted by Crippen LogP contribution is -2.48. The van der Waals surface area contributed by atoms with Crippen LogP contribution >= 0.6 is 0 Å². The minimum Gasteiger partial charge on any atom is -0.481 e. The van der Waals surface area contributed by atoms with Crippen LogP contribution in [0.25, 0.3) is 0 Å². The molecule has 0 aliphatic rings. The second-order valence-electron chi connectivity index (χ2n) is 6.85. The Balaban J connectivity index is -0.000000434. The smallest absolute Gasteiger partial charge is 0.326 e. The van der Waals surface area contributed by atoms with Crippen LogP contribution in [0, 0.1) is 10.8 Å². The highest BCUT2D eigenvalue weighted by molar-refractivity contribution is 5.88. The van der Waals surface area contributed by atoms with Gasteiger partial charge in [0.25, 0.3) is 0 Å². The van der Waals surface area contributed by atoms with E-state index in [0.29, 0.717) is 0 Å². The first-order valence-corrected chi connectivity index (χ1v) is 10.1. The van der Waals surface area contributed by atoms with Crippen LogP contribution in [-0.2, 0) is 19.2 Å². The van der Waals surface area contributed by atoms with E-state index in [1.54, 1.807) is 13.8 Å². The Hall–Kier alpha value is -1.92. The number of hydrogen-bond donors (Lipinski definition) is 3. The molecular formula is C21H43NO6. The molecule has 168 valence electrons. The Morgan fingerprint density at radius 3 is 1.50 bits per heavy atom. The quantitative estimate of drug-likeness (QED) is 0.518. The van der Waals surface area contributed by atoms with Gasteiger partial charge in [-0.05, 0) is 33.6 Å². The summed E-state index contributed by atoms with van der Waals surface area (Å²) in [5.41, 5.74) is -2.16. The number of nitrogens with one attached hydrogen (secondary N) is 1. The molecular weight excluding hydrogens is 362 g/mol. The lowest BCUT2D eigenvalue weighted by molar-refractivity contribution is -0.151. The second kappa shape index (κ2) is 17.2. The second-order valence-corrected chi connectivity index (χ2v) is 6.85. The number of aliphatic carboxylic acids is 2. The van der Waals surface area contributed by atoms with E-state index >= 15 is 0 Å². The lowest BCUT2D eigenvalue weighted by Gasteiger charge is -2.32. The van der Waals surface area contributed by atoms with Crippen molar-refractivity contribution in [2.75, 3.05) is 0 Å². The predicted molar refractivity (Wildman–Crippen MR) is 113 cm³/mol. The molecule has 0 rings (SSSR count). The summed E-state index contributed by atoms with van der Waals surface area (Å²) in [4.78, 5) is 45.5. The Kier molecular flexibility index (Phi) is 20.7. The van der Waals surface area contributed by atoms with Crippen LogP contribution in [0.1, 0.15) is 95.4 Å². The van der Waals surface area contributed by atoms with E-state index in [0.717, 1.165) is 0 Å². The zero-order valence-electron chi connectivity index (χ0n) is 19.7. The number of rotatable bonds is 9. The number of amides is 1. The number of carbonyl (C=O) groups is 4. The van der Waals surface area contributed by atoms with Crippen molar-refractivity contribution in [1.82, 2.24) is 5.32 Å². The molecule has 0 heterocycles. The first kappa shape index (κ1) is 33.6. The van der Waals surface area contributed by atoms with Crippen molar-refractivity contribution < 1.29 is 29.4 Å².